The van der Waals surface area contributed by atoms with Gasteiger partial charge in [0.25, 0.3) is 11.8 Å². The van der Waals surface area contributed by atoms with E-state index in [1.165, 1.54) is 6.07 Å². The first-order chi connectivity index (χ1) is 15.0. The lowest BCUT2D eigenvalue weighted by molar-refractivity contribution is -0.136. The van der Waals surface area contributed by atoms with Gasteiger partial charge in [0.2, 0.25) is 11.8 Å². The monoisotopic (exact) mass is 426 g/mol. The SMILES string of the molecule is NCCCCn1cc(COc2cccc3c2C(=O)N(C2CCC(=O)NC2=O)C3=O)nn1. The number of amides is 4. The van der Waals surface area contributed by atoms with Crippen LogP contribution in [0.15, 0.2) is 24.4 Å². The highest BCUT2D eigenvalue weighted by atomic mass is 16.5. The van der Waals surface area contributed by atoms with Crippen molar-refractivity contribution < 1.29 is 23.9 Å². The van der Waals surface area contributed by atoms with Gasteiger partial charge in [-0.2, -0.15) is 0 Å². The van der Waals surface area contributed by atoms with Crippen LogP contribution in [0.1, 0.15) is 52.1 Å². The Kier molecular flexibility index (Phi) is 5.76. The summed E-state index contributed by atoms with van der Waals surface area (Å²) >= 11 is 0. The maximum atomic E-state index is 13.0. The van der Waals surface area contributed by atoms with Crippen molar-refractivity contribution in [3.8, 4) is 5.75 Å². The van der Waals surface area contributed by atoms with E-state index >= 15 is 0 Å². The second kappa shape index (κ2) is 8.64. The van der Waals surface area contributed by atoms with Crippen LogP contribution >= 0.6 is 0 Å². The minimum Gasteiger partial charge on any atom is -0.486 e. The number of carbonyl (C=O) groups excluding carboxylic acids is 4. The lowest BCUT2D eigenvalue weighted by Gasteiger charge is -2.27. The fourth-order valence-electron chi connectivity index (χ4n) is 3.69. The van der Waals surface area contributed by atoms with Gasteiger partial charge in [0, 0.05) is 13.0 Å². The number of nitrogens with zero attached hydrogens (tertiary/aromatic N) is 4. The molecule has 2 aliphatic heterocycles. The quantitative estimate of drug-likeness (QED) is 0.442. The summed E-state index contributed by atoms with van der Waals surface area (Å²) in [5.41, 5.74) is 6.33. The summed E-state index contributed by atoms with van der Waals surface area (Å²) in [7, 11) is 0. The molecule has 4 amide bonds. The molecule has 1 aromatic heterocycles. The fourth-order valence-corrected chi connectivity index (χ4v) is 3.69. The minimum atomic E-state index is -1.02. The standard InChI is InChI=1S/C20H22N6O5/c21-8-1-2-9-25-10-12(23-24-25)11-31-15-5-3-4-13-17(15)20(30)26(19(13)29)14-6-7-16(27)22-18(14)28/h3-5,10,14H,1-2,6-9,11,21H2,(H,22,27,28). The number of ether oxygens (including phenoxy) is 1. The Balaban J connectivity index is 1.49. The molecule has 3 heterocycles. The van der Waals surface area contributed by atoms with Crippen LogP contribution in [0.5, 0.6) is 5.75 Å². The summed E-state index contributed by atoms with van der Waals surface area (Å²) in [4.78, 5) is 50.4. The number of imide groups is 2. The Hall–Kier alpha value is -3.60. The Labute approximate surface area is 177 Å². The molecule has 31 heavy (non-hydrogen) atoms. The number of carbonyl (C=O) groups is 4. The Morgan fingerprint density at radius 2 is 2.00 bits per heavy atom. The van der Waals surface area contributed by atoms with E-state index in [4.69, 9.17) is 10.5 Å². The van der Waals surface area contributed by atoms with Gasteiger partial charge in [-0.05, 0) is 37.9 Å². The van der Waals surface area contributed by atoms with Crippen molar-refractivity contribution >= 4 is 23.6 Å². The van der Waals surface area contributed by atoms with Crippen molar-refractivity contribution in [2.75, 3.05) is 6.54 Å². The maximum Gasteiger partial charge on any atom is 0.266 e. The second-order valence-corrected chi connectivity index (χ2v) is 7.38. The van der Waals surface area contributed by atoms with Crippen molar-refractivity contribution in [3.63, 3.8) is 0 Å². The van der Waals surface area contributed by atoms with Gasteiger partial charge in [-0.1, -0.05) is 11.3 Å². The number of benzene rings is 1. The second-order valence-electron chi connectivity index (χ2n) is 7.38. The molecular formula is C20H22N6O5. The van der Waals surface area contributed by atoms with Crippen LogP contribution < -0.4 is 15.8 Å². The third-order valence-corrected chi connectivity index (χ3v) is 5.23. The molecule has 4 rings (SSSR count). The van der Waals surface area contributed by atoms with E-state index in [0.717, 1.165) is 17.7 Å². The van der Waals surface area contributed by atoms with Crippen LogP contribution in [0, 0.1) is 0 Å². The molecule has 162 valence electrons. The van der Waals surface area contributed by atoms with Crippen molar-refractivity contribution in [1.29, 1.82) is 0 Å². The Morgan fingerprint density at radius 3 is 2.77 bits per heavy atom. The van der Waals surface area contributed by atoms with Gasteiger partial charge < -0.3 is 10.5 Å². The molecule has 1 aromatic carbocycles. The number of aromatic nitrogens is 3. The molecule has 3 N–H and O–H groups in total. The van der Waals surface area contributed by atoms with Gasteiger partial charge in [0.05, 0.1) is 17.3 Å². The number of rotatable bonds is 8. The van der Waals surface area contributed by atoms with Crippen LogP contribution in [-0.4, -0.2) is 56.1 Å². The lowest BCUT2D eigenvalue weighted by atomic mass is 10.0. The van der Waals surface area contributed by atoms with Crippen LogP contribution in [0.2, 0.25) is 0 Å². The summed E-state index contributed by atoms with van der Waals surface area (Å²) < 4.78 is 7.48. The van der Waals surface area contributed by atoms with Gasteiger partial charge >= 0.3 is 0 Å². The lowest BCUT2D eigenvalue weighted by Crippen LogP contribution is -2.54. The van der Waals surface area contributed by atoms with Gasteiger partial charge in [-0.15, -0.1) is 5.10 Å². The molecule has 0 spiro atoms. The Morgan fingerprint density at radius 1 is 1.16 bits per heavy atom. The largest absolute Gasteiger partial charge is 0.486 e. The summed E-state index contributed by atoms with van der Waals surface area (Å²) in [6, 6.07) is 3.69. The normalized spacial score (nSPS) is 18.4. The molecule has 0 saturated carbocycles. The molecule has 2 aliphatic rings. The molecule has 2 aromatic rings. The van der Waals surface area contributed by atoms with Crippen LogP contribution in [-0.2, 0) is 22.7 Å². The highest BCUT2D eigenvalue weighted by Gasteiger charge is 2.46. The van der Waals surface area contributed by atoms with Gasteiger partial charge in [-0.3, -0.25) is 34.1 Å². The highest BCUT2D eigenvalue weighted by Crippen LogP contribution is 2.33. The van der Waals surface area contributed by atoms with Gasteiger partial charge in [0.1, 0.15) is 24.1 Å². The molecule has 1 atom stereocenters. The summed E-state index contributed by atoms with van der Waals surface area (Å²) in [6.07, 6.45) is 3.69. The van der Waals surface area contributed by atoms with E-state index < -0.39 is 29.7 Å². The minimum absolute atomic E-state index is 0.0627. The summed E-state index contributed by atoms with van der Waals surface area (Å²) in [6.45, 7) is 1.37. The first-order valence-corrected chi connectivity index (χ1v) is 10.1. The molecule has 11 heteroatoms. The molecule has 1 saturated heterocycles. The first-order valence-electron chi connectivity index (χ1n) is 10.1. The average Bonchev–Trinajstić information content (AvgIpc) is 3.30. The van der Waals surface area contributed by atoms with Crippen LogP contribution in [0.4, 0.5) is 0 Å². The van der Waals surface area contributed by atoms with Crippen molar-refractivity contribution in [2.45, 2.75) is 44.9 Å². The van der Waals surface area contributed by atoms with E-state index in [2.05, 4.69) is 15.6 Å². The third kappa shape index (κ3) is 4.04. The predicted octanol–water partition coefficient (Wildman–Crippen LogP) is -0.00280. The van der Waals surface area contributed by atoms with Gasteiger partial charge in [-0.25, -0.2) is 0 Å². The van der Waals surface area contributed by atoms with E-state index in [0.29, 0.717) is 18.8 Å². The topological polar surface area (TPSA) is 150 Å². The number of nitrogens with two attached hydrogens (primary N) is 1. The molecule has 11 nitrogen and oxygen atoms in total. The molecule has 1 unspecified atom stereocenters. The van der Waals surface area contributed by atoms with Crippen molar-refractivity contribution in [2.24, 2.45) is 5.73 Å². The Bertz CT molecular complexity index is 1050. The number of fused-ring (bicyclic) bond motifs is 1. The molecule has 0 radical (unpaired) electrons. The summed E-state index contributed by atoms with van der Waals surface area (Å²) in [5.74, 6) is -2.04. The zero-order valence-corrected chi connectivity index (χ0v) is 16.7. The predicted molar refractivity (Wildman–Crippen MR) is 106 cm³/mol. The van der Waals surface area contributed by atoms with Crippen LogP contribution in [0.25, 0.3) is 0 Å². The first kappa shape index (κ1) is 20.7. The molecule has 0 bridgehead atoms. The van der Waals surface area contributed by atoms with Gasteiger partial charge in [0.15, 0.2) is 0 Å². The fraction of sp³-hybridized carbons (Fsp3) is 0.400. The number of piperidine rings is 1. The number of unbranched alkanes of at least 4 members (excludes halogenated alkanes) is 1. The molecular weight excluding hydrogens is 404 g/mol. The smallest absolute Gasteiger partial charge is 0.266 e. The van der Waals surface area contributed by atoms with E-state index in [9.17, 15) is 19.2 Å². The molecule has 1 fully saturated rings. The van der Waals surface area contributed by atoms with E-state index in [1.54, 1.807) is 23.0 Å². The average molecular weight is 426 g/mol. The highest BCUT2D eigenvalue weighted by molar-refractivity contribution is 6.24. The van der Waals surface area contributed by atoms with Crippen molar-refractivity contribution in [3.05, 3.63) is 41.2 Å². The zero-order chi connectivity index (χ0) is 22.0. The van der Waals surface area contributed by atoms with E-state index in [1.807, 2.05) is 0 Å². The van der Waals surface area contributed by atoms with E-state index in [-0.39, 0.29) is 36.3 Å². The van der Waals surface area contributed by atoms with Crippen LogP contribution in [0.3, 0.4) is 0 Å². The maximum absolute atomic E-state index is 13.0. The number of hydrogen-bond donors (Lipinski definition) is 2. The molecule has 0 aliphatic carbocycles. The number of nitrogens with one attached hydrogen (secondary N) is 1. The number of hydrogen-bond acceptors (Lipinski definition) is 8. The zero-order valence-electron chi connectivity index (χ0n) is 16.7. The third-order valence-electron chi connectivity index (χ3n) is 5.23. The summed E-state index contributed by atoms with van der Waals surface area (Å²) in [5, 5.41) is 10.3. The number of aryl methyl sites for hydroxylation is 1. The van der Waals surface area contributed by atoms with Crippen molar-refractivity contribution in [1.82, 2.24) is 25.2 Å².